The highest BCUT2D eigenvalue weighted by Gasteiger charge is 2.28. The van der Waals surface area contributed by atoms with Crippen LogP contribution < -0.4 is 16.2 Å². The second-order valence-electron chi connectivity index (χ2n) is 6.52. The fraction of sp³-hybridized carbons (Fsp3) is 0.412. The first-order valence-corrected chi connectivity index (χ1v) is 9.82. The summed E-state index contributed by atoms with van der Waals surface area (Å²) in [6.07, 6.45) is 2.70. The normalized spacial score (nSPS) is 20.1. The molecule has 1 aromatic carbocycles. The zero-order valence-corrected chi connectivity index (χ0v) is 15.0. The van der Waals surface area contributed by atoms with Crippen LogP contribution >= 0.6 is 0 Å². The van der Waals surface area contributed by atoms with Crippen LogP contribution in [0.5, 0.6) is 0 Å². The van der Waals surface area contributed by atoms with Crippen LogP contribution in [0, 0.1) is 6.92 Å². The van der Waals surface area contributed by atoms with Crippen molar-refractivity contribution in [2.24, 2.45) is 10.9 Å². The van der Waals surface area contributed by atoms with Crippen LogP contribution in [0.15, 0.2) is 35.2 Å². The van der Waals surface area contributed by atoms with Gasteiger partial charge in [-0.2, -0.15) is 0 Å². The van der Waals surface area contributed by atoms with Crippen LogP contribution in [-0.4, -0.2) is 31.0 Å². The van der Waals surface area contributed by atoms with E-state index < -0.39 is 10.0 Å². The van der Waals surface area contributed by atoms with Gasteiger partial charge in [0.05, 0.1) is 4.90 Å². The topological polar surface area (TPSA) is 124 Å². The molecule has 1 fully saturated rings. The van der Waals surface area contributed by atoms with Crippen molar-refractivity contribution in [3.05, 3.63) is 47.4 Å². The SMILES string of the molecule is Cc1nc(NCCc2ccc(S(N)(=O)=O)cc2)cc(C2CC(N)C2)n1. The molecule has 134 valence electrons. The average Bonchev–Trinajstić information content (AvgIpc) is 2.51. The Balaban J connectivity index is 1.58. The number of aromatic nitrogens is 2. The molecule has 0 aliphatic heterocycles. The van der Waals surface area contributed by atoms with E-state index in [9.17, 15) is 8.42 Å². The second-order valence-corrected chi connectivity index (χ2v) is 8.08. The Hall–Kier alpha value is -2.03. The summed E-state index contributed by atoms with van der Waals surface area (Å²) < 4.78 is 22.5. The fourth-order valence-electron chi connectivity index (χ4n) is 2.97. The molecule has 1 aromatic heterocycles. The summed E-state index contributed by atoms with van der Waals surface area (Å²) >= 11 is 0. The van der Waals surface area contributed by atoms with Crippen molar-refractivity contribution >= 4 is 15.8 Å². The van der Waals surface area contributed by atoms with E-state index in [1.54, 1.807) is 12.1 Å². The highest BCUT2D eigenvalue weighted by atomic mass is 32.2. The number of aryl methyl sites for hydroxylation is 1. The highest BCUT2D eigenvalue weighted by Crippen LogP contribution is 2.35. The molecule has 0 bridgehead atoms. The van der Waals surface area contributed by atoms with Crippen LogP contribution in [0.25, 0.3) is 0 Å². The standard InChI is InChI=1S/C17H23N5O2S/c1-11-21-16(13-8-14(18)9-13)10-17(22-11)20-7-6-12-2-4-15(5-3-12)25(19,23)24/h2-5,10,13-14H,6-9,18H2,1H3,(H2,19,23,24)(H,20,21,22). The van der Waals surface area contributed by atoms with Gasteiger partial charge < -0.3 is 11.1 Å². The van der Waals surface area contributed by atoms with Gasteiger partial charge in [0, 0.05) is 30.3 Å². The Morgan fingerprint density at radius 3 is 2.48 bits per heavy atom. The molecular weight excluding hydrogens is 338 g/mol. The summed E-state index contributed by atoms with van der Waals surface area (Å²) in [4.78, 5) is 9.06. The minimum Gasteiger partial charge on any atom is -0.370 e. The zero-order chi connectivity index (χ0) is 18.0. The maximum Gasteiger partial charge on any atom is 0.238 e. The van der Waals surface area contributed by atoms with E-state index >= 15 is 0 Å². The molecule has 3 rings (SSSR count). The van der Waals surface area contributed by atoms with Crippen molar-refractivity contribution in [1.29, 1.82) is 0 Å². The van der Waals surface area contributed by atoms with Crippen LogP contribution in [0.3, 0.4) is 0 Å². The largest absolute Gasteiger partial charge is 0.370 e. The van der Waals surface area contributed by atoms with Crippen molar-refractivity contribution in [2.75, 3.05) is 11.9 Å². The minimum absolute atomic E-state index is 0.124. The molecule has 0 spiro atoms. The third kappa shape index (κ3) is 4.53. The summed E-state index contributed by atoms with van der Waals surface area (Å²) in [7, 11) is -3.64. The van der Waals surface area contributed by atoms with Gasteiger partial charge in [-0.3, -0.25) is 0 Å². The number of nitrogens with two attached hydrogens (primary N) is 2. The van der Waals surface area contributed by atoms with Gasteiger partial charge in [0.1, 0.15) is 11.6 Å². The van der Waals surface area contributed by atoms with Crippen molar-refractivity contribution in [1.82, 2.24) is 9.97 Å². The molecule has 0 unspecified atom stereocenters. The molecule has 2 aromatic rings. The molecule has 1 aliphatic rings. The molecule has 25 heavy (non-hydrogen) atoms. The lowest BCUT2D eigenvalue weighted by molar-refractivity contribution is 0.344. The van der Waals surface area contributed by atoms with Gasteiger partial charge in [-0.1, -0.05) is 12.1 Å². The number of rotatable bonds is 6. The Kier molecular flexibility index (Phi) is 5.03. The molecule has 5 N–H and O–H groups in total. The van der Waals surface area contributed by atoms with Crippen LogP contribution in [0.4, 0.5) is 5.82 Å². The highest BCUT2D eigenvalue weighted by molar-refractivity contribution is 7.89. The average molecular weight is 361 g/mol. The first-order valence-electron chi connectivity index (χ1n) is 8.28. The first kappa shape index (κ1) is 17.8. The predicted octanol–water partition coefficient (Wildman–Crippen LogP) is 1.29. The van der Waals surface area contributed by atoms with Crippen molar-refractivity contribution < 1.29 is 8.42 Å². The Bertz CT molecular complexity index is 846. The van der Waals surface area contributed by atoms with Crippen molar-refractivity contribution in [2.45, 2.75) is 43.0 Å². The number of primary sulfonamides is 1. The number of hydrogen-bond donors (Lipinski definition) is 3. The van der Waals surface area contributed by atoms with Crippen molar-refractivity contribution in [3.63, 3.8) is 0 Å². The molecule has 0 radical (unpaired) electrons. The van der Waals surface area contributed by atoms with Crippen LogP contribution in [0.2, 0.25) is 0 Å². The number of benzene rings is 1. The van der Waals surface area contributed by atoms with Crippen molar-refractivity contribution in [3.8, 4) is 0 Å². The number of nitrogens with zero attached hydrogens (tertiary/aromatic N) is 2. The third-order valence-corrected chi connectivity index (χ3v) is 5.35. The summed E-state index contributed by atoms with van der Waals surface area (Å²) in [5.41, 5.74) is 7.93. The van der Waals surface area contributed by atoms with E-state index in [0.29, 0.717) is 12.5 Å². The Morgan fingerprint density at radius 1 is 1.20 bits per heavy atom. The van der Waals surface area contributed by atoms with E-state index in [1.165, 1.54) is 12.1 Å². The van der Waals surface area contributed by atoms with Gasteiger partial charge in [0.15, 0.2) is 0 Å². The summed E-state index contributed by atoms with van der Waals surface area (Å²) in [5.74, 6) is 1.99. The minimum atomic E-state index is -3.64. The lowest BCUT2D eigenvalue weighted by Gasteiger charge is -2.32. The Morgan fingerprint density at radius 2 is 1.88 bits per heavy atom. The fourth-order valence-corrected chi connectivity index (χ4v) is 3.49. The number of hydrogen-bond acceptors (Lipinski definition) is 6. The van der Waals surface area contributed by atoms with E-state index in [-0.39, 0.29) is 10.9 Å². The molecular formula is C17H23N5O2S. The smallest absolute Gasteiger partial charge is 0.238 e. The summed E-state index contributed by atoms with van der Waals surface area (Å²) in [6.45, 7) is 2.58. The predicted molar refractivity (Wildman–Crippen MR) is 96.7 cm³/mol. The van der Waals surface area contributed by atoms with Crippen LogP contribution in [-0.2, 0) is 16.4 Å². The van der Waals surface area contributed by atoms with Gasteiger partial charge in [0.25, 0.3) is 0 Å². The van der Waals surface area contributed by atoms with Gasteiger partial charge in [0.2, 0.25) is 10.0 Å². The van der Waals surface area contributed by atoms with E-state index in [1.807, 2.05) is 13.0 Å². The lowest BCUT2D eigenvalue weighted by atomic mass is 9.78. The maximum atomic E-state index is 11.3. The molecule has 7 nitrogen and oxygen atoms in total. The molecule has 0 amide bonds. The van der Waals surface area contributed by atoms with Gasteiger partial charge in [-0.25, -0.2) is 23.5 Å². The van der Waals surface area contributed by atoms with E-state index in [2.05, 4.69) is 15.3 Å². The molecule has 1 aliphatic carbocycles. The number of anilines is 1. The molecule has 1 heterocycles. The first-order chi connectivity index (χ1) is 11.8. The number of nitrogens with one attached hydrogen (secondary N) is 1. The zero-order valence-electron chi connectivity index (χ0n) is 14.1. The maximum absolute atomic E-state index is 11.3. The van der Waals surface area contributed by atoms with Gasteiger partial charge >= 0.3 is 0 Å². The lowest BCUT2D eigenvalue weighted by Crippen LogP contribution is -2.35. The second kappa shape index (κ2) is 7.07. The molecule has 0 saturated heterocycles. The number of sulfonamides is 1. The summed E-state index contributed by atoms with van der Waals surface area (Å²) in [6, 6.07) is 8.88. The molecule has 0 atom stereocenters. The quantitative estimate of drug-likeness (QED) is 0.712. The summed E-state index contributed by atoms with van der Waals surface area (Å²) in [5, 5.41) is 8.41. The molecule has 1 saturated carbocycles. The Labute approximate surface area is 147 Å². The van der Waals surface area contributed by atoms with E-state index in [4.69, 9.17) is 10.9 Å². The monoisotopic (exact) mass is 361 g/mol. The molecule has 8 heteroatoms. The van der Waals surface area contributed by atoms with Gasteiger partial charge in [-0.05, 0) is 43.9 Å². The van der Waals surface area contributed by atoms with Crippen LogP contribution in [0.1, 0.15) is 35.8 Å². The third-order valence-electron chi connectivity index (χ3n) is 4.42. The van der Waals surface area contributed by atoms with E-state index in [0.717, 1.165) is 42.2 Å². The van der Waals surface area contributed by atoms with Gasteiger partial charge in [-0.15, -0.1) is 0 Å².